The molecule has 0 fully saturated rings. The second kappa shape index (κ2) is 5.94. The van der Waals surface area contributed by atoms with Crippen molar-refractivity contribution in [2.75, 3.05) is 18.5 Å². The quantitative estimate of drug-likeness (QED) is 0.902. The third-order valence-electron chi connectivity index (χ3n) is 2.69. The summed E-state index contributed by atoms with van der Waals surface area (Å²) in [5.41, 5.74) is 8.34. The van der Waals surface area contributed by atoms with Crippen molar-refractivity contribution < 1.29 is 0 Å². The number of anilines is 1. The average molecular weight is 269 g/mol. The number of nitrogens with two attached hydrogens (primary N) is 1. The van der Waals surface area contributed by atoms with Gasteiger partial charge < -0.3 is 10.6 Å². The van der Waals surface area contributed by atoms with E-state index in [4.69, 9.17) is 17.3 Å². The maximum atomic E-state index is 6.35. The fourth-order valence-electron chi connectivity index (χ4n) is 2.16. The first-order chi connectivity index (χ1) is 8.19. The number of hydrogen-bond acceptors (Lipinski definition) is 2. The summed E-state index contributed by atoms with van der Waals surface area (Å²) in [5.74, 6) is 0. The van der Waals surface area contributed by atoms with Crippen molar-refractivity contribution >= 4 is 17.3 Å². The standard InChI is InChI=1S/C15H25ClN2/c1-11(17)8-12-6-7-14(13(16)9-12)18(5)10-15(2,3)4/h6-7,9,11H,8,10,17H2,1-5H3. The maximum Gasteiger partial charge on any atom is 0.0642 e. The van der Waals surface area contributed by atoms with Crippen molar-refractivity contribution in [2.24, 2.45) is 11.1 Å². The number of nitrogens with zero attached hydrogens (tertiary/aromatic N) is 1. The highest BCUT2D eigenvalue weighted by Gasteiger charge is 2.16. The largest absolute Gasteiger partial charge is 0.373 e. The van der Waals surface area contributed by atoms with E-state index >= 15 is 0 Å². The second-order valence-corrected chi connectivity index (χ2v) is 6.79. The lowest BCUT2D eigenvalue weighted by molar-refractivity contribution is 0.419. The Hall–Kier alpha value is -0.730. The van der Waals surface area contributed by atoms with Gasteiger partial charge in [0, 0.05) is 19.6 Å². The Balaban J connectivity index is 2.85. The molecule has 0 aliphatic carbocycles. The molecular weight excluding hydrogens is 244 g/mol. The smallest absolute Gasteiger partial charge is 0.0642 e. The molecule has 0 saturated carbocycles. The summed E-state index contributed by atoms with van der Waals surface area (Å²) < 4.78 is 0. The lowest BCUT2D eigenvalue weighted by Crippen LogP contribution is -2.29. The third-order valence-corrected chi connectivity index (χ3v) is 3.00. The van der Waals surface area contributed by atoms with E-state index < -0.39 is 0 Å². The Morgan fingerprint density at radius 3 is 2.39 bits per heavy atom. The molecule has 102 valence electrons. The van der Waals surface area contributed by atoms with Gasteiger partial charge >= 0.3 is 0 Å². The summed E-state index contributed by atoms with van der Waals surface area (Å²) in [6, 6.07) is 6.40. The highest BCUT2D eigenvalue weighted by Crippen LogP contribution is 2.28. The van der Waals surface area contributed by atoms with E-state index in [1.165, 1.54) is 5.56 Å². The third kappa shape index (κ3) is 4.87. The van der Waals surface area contributed by atoms with Crippen LogP contribution >= 0.6 is 11.6 Å². The summed E-state index contributed by atoms with van der Waals surface area (Å²) in [5, 5.41) is 0.805. The molecule has 3 heteroatoms. The predicted molar refractivity (Wildman–Crippen MR) is 81.5 cm³/mol. The number of benzene rings is 1. The Labute approximate surface area is 116 Å². The van der Waals surface area contributed by atoms with Crippen molar-refractivity contribution in [1.29, 1.82) is 0 Å². The van der Waals surface area contributed by atoms with Gasteiger partial charge in [-0.2, -0.15) is 0 Å². The highest BCUT2D eigenvalue weighted by molar-refractivity contribution is 6.33. The molecule has 0 aliphatic heterocycles. The van der Waals surface area contributed by atoms with Crippen molar-refractivity contribution in [1.82, 2.24) is 0 Å². The SMILES string of the molecule is CC(N)Cc1ccc(N(C)CC(C)(C)C)c(Cl)c1. The molecule has 0 spiro atoms. The van der Waals surface area contributed by atoms with E-state index in [1.807, 2.05) is 13.0 Å². The molecule has 0 bridgehead atoms. The van der Waals surface area contributed by atoms with E-state index in [2.05, 4.69) is 44.9 Å². The van der Waals surface area contributed by atoms with Gasteiger partial charge in [-0.3, -0.25) is 0 Å². The minimum atomic E-state index is 0.166. The molecule has 0 radical (unpaired) electrons. The summed E-state index contributed by atoms with van der Waals surface area (Å²) in [7, 11) is 2.08. The van der Waals surface area contributed by atoms with Crippen LogP contribution in [0.25, 0.3) is 0 Å². The van der Waals surface area contributed by atoms with Gasteiger partial charge in [-0.1, -0.05) is 38.4 Å². The first-order valence-electron chi connectivity index (χ1n) is 6.44. The van der Waals surface area contributed by atoms with Crippen LogP contribution in [0.1, 0.15) is 33.3 Å². The number of halogens is 1. The Morgan fingerprint density at radius 2 is 1.94 bits per heavy atom. The van der Waals surface area contributed by atoms with Crippen LogP contribution in [0.15, 0.2) is 18.2 Å². The summed E-state index contributed by atoms with van der Waals surface area (Å²) >= 11 is 6.35. The minimum Gasteiger partial charge on any atom is -0.373 e. The van der Waals surface area contributed by atoms with Gasteiger partial charge in [0.25, 0.3) is 0 Å². The van der Waals surface area contributed by atoms with Crippen molar-refractivity contribution in [3.05, 3.63) is 28.8 Å². The lowest BCUT2D eigenvalue weighted by Gasteiger charge is -2.29. The Morgan fingerprint density at radius 1 is 1.33 bits per heavy atom. The fraction of sp³-hybridized carbons (Fsp3) is 0.600. The van der Waals surface area contributed by atoms with Crippen LogP contribution in [0.4, 0.5) is 5.69 Å². The molecule has 2 N–H and O–H groups in total. The Bertz CT molecular complexity index is 394. The van der Waals surface area contributed by atoms with Gasteiger partial charge in [0.1, 0.15) is 0 Å². The van der Waals surface area contributed by atoms with Gasteiger partial charge in [-0.25, -0.2) is 0 Å². The molecule has 0 aliphatic rings. The molecule has 0 saturated heterocycles. The van der Waals surface area contributed by atoms with Crippen LogP contribution in [0.2, 0.25) is 5.02 Å². The van der Waals surface area contributed by atoms with Gasteiger partial charge in [0.05, 0.1) is 10.7 Å². The van der Waals surface area contributed by atoms with Gasteiger partial charge in [-0.15, -0.1) is 0 Å². The van der Waals surface area contributed by atoms with Gasteiger partial charge in [-0.05, 0) is 36.5 Å². The van der Waals surface area contributed by atoms with E-state index in [-0.39, 0.29) is 11.5 Å². The monoisotopic (exact) mass is 268 g/mol. The van der Waals surface area contributed by atoms with Gasteiger partial charge in [0.15, 0.2) is 0 Å². The first kappa shape index (κ1) is 15.3. The van der Waals surface area contributed by atoms with E-state index in [0.717, 1.165) is 23.7 Å². The summed E-state index contributed by atoms with van der Waals surface area (Å²) in [4.78, 5) is 2.21. The number of hydrogen-bond donors (Lipinski definition) is 1. The molecule has 1 unspecified atom stereocenters. The van der Waals surface area contributed by atoms with Crippen LogP contribution in [0.5, 0.6) is 0 Å². The molecule has 1 atom stereocenters. The highest BCUT2D eigenvalue weighted by atomic mass is 35.5. The zero-order valence-electron chi connectivity index (χ0n) is 12.1. The predicted octanol–water partition coefficient (Wildman–Crippen LogP) is 3.71. The molecule has 18 heavy (non-hydrogen) atoms. The van der Waals surface area contributed by atoms with E-state index in [9.17, 15) is 0 Å². The molecule has 1 rings (SSSR count). The lowest BCUT2D eigenvalue weighted by atomic mass is 9.96. The zero-order chi connectivity index (χ0) is 13.9. The van der Waals surface area contributed by atoms with Crippen molar-refractivity contribution in [3.8, 4) is 0 Å². The second-order valence-electron chi connectivity index (χ2n) is 6.38. The summed E-state index contributed by atoms with van der Waals surface area (Å²) in [6.45, 7) is 9.65. The normalized spacial score (nSPS) is 13.5. The van der Waals surface area contributed by atoms with E-state index in [0.29, 0.717) is 0 Å². The average Bonchev–Trinajstić information content (AvgIpc) is 2.13. The molecule has 0 heterocycles. The van der Waals surface area contributed by atoms with Crippen LogP contribution in [0.3, 0.4) is 0 Å². The topological polar surface area (TPSA) is 29.3 Å². The van der Waals surface area contributed by atoms with Crippen molar-refractivity contribution in [2.45, 2.75) is 40.2 Å². The number of rotatable bonds is 4. The van der Waals surface area contributed by atoms with E-state index in [1.54, 1.807) is 0 Å². The first-order valence-corrected chi connectivity index (χ1v) is 6.82. The maximum absolute atomic E-state index is 6.35. The molecule has 1 aromatic carbocycles. The van der Waals surface area contributed by atoms with Crippen LogP contribution in [-0.2, 0) is 6.42 Å². The van der Waals surface area contributed by atoms with Crippen LogP contribution in [0, 0.1) is 5.41 Å². The minimum absolute atomic E-state index is 0.166. The van der Waals surface area contributed by atoms with Crippen LogP contribution in [-0.4, -0.2) is 19.6 Å². The van der Waals surface area contributed by atoms with Crippen LogP contribution < -0.4 is 10.6 Å². The zero-order valence-corrected chi connectivity index (χ0v) is 12.9. The molecule has 0 aromatic heterocycles. The van der Waals surface area contributed by atoms with Gasteiger partial charge in [0.2, 0.25) is 0 Å². The fourth-order valence-corrected chi connectivity index (χ4v) is 2.50. The molecule has 1 aromatic rings. The summed E-state index contributed by atoms with van der Waals surface area (Å²) in [6.07, 6.45) is 0.864. The Kier molecular flexibility index (Phi) is 5.06. The van der Waals surface area contributed by atoms with Crippen molar-refractivity contribution in [3.63, 3.8) is 0 Å². The molecular formula is C15H25ClN2. The molecule has 2 nitrogen and oxygen atoms in total. The molecule has 0 amide bonds.